The van der Waals surface area contributed by atoms with Gasteiger partial charge in [-0.05, 0) is 18.2 Å². The summed E-state index contributed by atoms with van der Waals surface area (Å²) in [7, 11) is 0. The zero-order chi connectivity index (χ0) is 12.7. The Morgan fingerprint density at radius 2 is 2.33 bits per heavy atom. The molecule has 0 aliphatic carbocycles. The van der Waals surface area contributed by atoms with Gasteiger partial charge in [0.15, 0.2) is 6.04 Å². The molecule has 1 N–H and O–H groups in total. The maximum absolute atomic E-state index is 10.9. The number of benzene rings is 1. The number of thiazole rings is 1. The summed E-state index contributed by atoms with van der Waals surface area (Å²) in [6, 6.07) is 5.27. The molecule has 4 nitrogen and oxygen atoms in total. The van der Waals surface area contributed by atoms with Crippen molar-refractivity contribution in [1.29, 1.82) is 0 Å². The van der Waals surface area contributed by atoms with Gasteiger partial charge in [-0.3, -0.25) is 4.99 Å². The van der Waals surface area contributed by atoms with Crippen LogP contribution in [-0.2, 0) is 4.79 Å². The van der Waals surface area contributed by atoms with Crippen molar-refractivity contribution in [3.63, 3.8) is 0 Å². The molecule has 18 heavy (non-hydrogen) atoms. The first-order valence-electron chi connectivity index (χ1n) is 5.13. The second kappa shape index (κ2) is 4.64. The van der Waals surface area contributed by atoms with Crippen LogP contribution in [0.5, 0.6) is 0 Å². The van der Waals surface area contributed by atoms with Crippen molar-refractivity contribution in [2.24, 2.45) is 4.99 Å². The summed E-state index contributed by atoms with van der Waals surface area (Å²) in [4.78, 5) is 19.5. The number of thioether (sulfide) groups is 1. The molecule has 0 bridgehead atoms. The van der Waals surface area contributed by atoms with E-state index in [4.69, 9.17) is 5.11 Å². The molecule has 0 spiro atoms. The summed E-state index contributed by atoms with van der Waals surface area (Å²) >= 11 is 6.40. The van der Waals surface area contributed by atoms with Crippen molar-refractivity contribution in [2.45, 2.75) is 6.04 Å². The van der Waals surface area contributed by atoms with Gasteiger partial charge in [-0.25, -0.2) is 9.78 Å². The Bertz CT molecular complexity index is 668. The number of aliphatic imine (C=N–C) groups is 1. The van der Waals surface area contributed by atoms with Gasteiger partial charge < -0.3 is 5.11 Å². The van der Waals surface area contributed by atoms with Crippen molar-refractivity contribution in [2.75, 3.05) is 5.75 Å². The smallest absolute Gasteiger partial charge is 0.329 e. The van der Waals surface area contributed by atoms with Gasteiger partial charge in [0.1, 0.15) is 10.1 Å². The Hall–Kier alpha value is -0.920. The maximum atomic E-state index is 10.9. The zero-order valence-corrected chi connectivity index (χ0v) is 12.2. The molecule has 0 radical (unpaired) electrons. The minimum Gasteiger partial charge on any atom is -0.480 e. The molecule has 0 saturated heterocycles. The number of aromatic nitrogens is 1. The Balaban J connectivity index is 2.00. The van der Waals surface area contributed by atoms with Crippen LogP contribution in [0.15, 0.2) is 27.7 Å². The van der Waals surface area contributed by atoms with Crippen LogP contribution in [0, 0.1) is 0 Å². The van der Waals surface area contributed by atoms with Gasteiger partial charge in [0.05, 0.1) is 10.2 Å². The zero-order valence-electron chi connectivity index (χ0n) is 8.96. The first-order chi connectivity index (χ1) is 8.63. The van der Waals surface area contributed by atoms with E-state index in [-0.39, 0.29) is 0 Å². The average Bonchev–Trinajstić information content (AvgIpc) is 2.93. The third-order valence-electron chi connectivity index (χ3n) is 2.47. The monoisotopic (exact) mass is 342 g/mol. The number of halogens is 1. The van der Waals surface area contributed by atoms with Crippen molar-refractivity contribution in [3.8, 4) is 0 Å². The Labute approximate surface area is 119 Å². The molecule has 0 saturated carbocycles. The standard InChI is InChI=1S/C11H7BrN2O2S2/c12-5-1-2-8-6(3-5)13-10(18-8)9-14-7(4-17-9)11(15)16/h1-3,7H,4H2,(H,15,16). The van der Waals surface area contributed by atoms with E-state index >= 15 is 0 Å². The molecule has 7 heteroatoms. The van der Waals surface area contributed by atoms with Gasteiger partial charge in [0.2, 0.25) is 0 Å². The molecular weight excluding hydrogens is 336 g/mol. The number of aliphatic carboxylic acids is 1. The minimum atomic E-state index is -0.874. The summed E-state index contributed by atoms with van der Waals surface area (Å²) in [5.41, 5.74) is 0.909. The van der Waals surface area contributed by atoms with Crippen LogP contribution in [0.3, 0.4) is 0 Å². The van der Waals surface area contributed by atoms with Gasteiger partial charge in [0, 0.05) is 10.2 Å². The van der Waals surface area contributed by atoms with E-state index < -0.39 is 12.0 Å². The van der Waals surface area contributed by atoms with E-state index in [0.29, 0.717) is 5.75 Å². The normalized spacial score (nSPS) is 19.2. The van der Waals surface area contributed by atoms with E-state index in [1.165, 1.54) is 11.8 Å². The fourth-order valence-electron chi connectivity index (χ4n) is 1.61. The van der Waals surface area contributed by atoms with Crippen LogP contribution >= 0.6 is 39.0 Å². The molecule has 1 aliphatic rings. The molecule has 1 unspecified atom stereocenters. The molecule has 0 fully saturated rings. The number of fused-ring (bicyclic) bond motifs is 1. The topological polar surface area (TPSA) is 62.5 Å². The number of carbonyl (C=O) groups is 1. The highest BCUT2D eigenvalue weighted by atomic mass is 79.9. The van der Waals surface area contributed by atoms with Gasteiger partial charge >= 0.3 is 5.97 Å². The molecule has 2 heterocycles. The summed E-state index contributed by atoms with van der Waals surface area (Å²) < 4.78 is 2.06. The lowest BCUT2D eigenvalue weighted by Gasteiger charge is -1.93. The molecular formula is C11H7BrN2O2S2. The van der Waals surface area contributed by atoms with Gasteiger partial charge in [-0.15, -0.1) is 23.1 Å². The van der Waals surface area contributed by atoms with E-state index in [1.807, 2.05) is 18.2 Å². The number of hydrogen-bond acceptors (Lipinski definition) is 5. The van der Waals surface area contributed by atoms with Crippen LogP contribution < -0.4 is 0 Å². The van der Waals surface area contributed by atoms with Crippen LogP contribution in [0.1, 0.15) is 5.01 Å². The molecule has 1 aromatic carbocycles. The minimum absolute atomic E-state index is 0.490. The second-order valence-electron chi connectivity index (χ2n) is 3.73. The molecule has 1 aromatic heterocycles. The van der Waals surface area contributed by atoms with E-state index in [0.717, 1.165) is 24.7 Å². The Morgan fingerprint density at radius 1 is 1.50 bits per heavy atom. The van der Waals surface area contributed by atoms with E-state index in [1.54, 1.807) is 11.3 Å². The van der Waals surface area contributed by atoms with Gasteiger partial charge in [-0.1, -0.05) is 15.9 Å². The van der Waals surface area contributed by atoms with Crippen molar-refractivity contribution in [1.82, 2.24) is 4.98 Å². The molecule has 1 aliphatic heterocycles. The molecule has 1 atom stereocenters. The SMILES string of the molecule is O=C(O)C1CSC(c2nc3cc(Br)ccc3s2)=N1. The van der Waals surface area contributed by atoms with Crippen molar-refractivity contribution < 1.29 is 9.90 Å². The third kappa shape index (κ3) is 2.17. The van der Waals surface area contributed by atoms with Crippen LogP contribution in [0.2, 0.25) is 0 Å². The van der Waals surface area contributed by atoms with Crippen LogP contribution in [0.25, 0.3) is 10.2 Å². The summed E-state index contributed by atoms with van der Waals surface area (Å²) in [6.45, 7) is 0. The van der Waals surface area contributed by atoms with Crippen LogP contribution in [0.4, 0.5) is 0 Å². The number of carboxylic acid groups (broad SMARTS) is 1. The number of carboxylic acids is 1. The predicted octanol–water partition coefficient (Wildman–Crippen LogP) is 3.01. The predicted molar refractivity (Wildman–Crippen MR) is 77.7 cm³/mol. The molecule has 2 aromatic rings. The van der Waals surface area contributed by atoms with Gasteiger partial charge in [-0.2, -0.15) is 0 Å². The molecule has 3 rings (SSSR count). The Kier molecular flexibility index (Phi) is 3.13. The first-order valence-corrected chi connectivity index (χ1v) is 7.73. The van der Waals surface area contributed by atoms with Crippen LogP contribution in [-0.4, -0.2) is 32.9 Å². The lowest BCUT2D eigenvalue weighted by atomic mass is 10.3. The quantitative estimate of drug-likeness (QED) is 0.911. The third-order valence-corrected chi connectivity index (χ3v) is 5.19. The molecule has 92 valence electrons. The number of rotatable bonds is 2. The average molecular weight is 343 g/mol. The molecule has 0 amide bonds. The fourth-order valence-corrected chi connectivity index (χ4v) is 4.00. The first kappa shape index (κ1) is 12.1. The van der Waals surface area contributed by atoms with Crippen molar-refractivity contribution >= 4 is 60.3 Å². The second-order valence-corrected chi connectivity index (χ2v) is 6.69. The van der Waals surface area contributed by atoms with E-state index in [9.17, 15) is 4.79 Å². The fraction of sp³-hybridized carbons (Fsp3) is 0.182. The maximum Gasteiger partial charge on any atom is 0.329 e. The number of nitrogens with zero attached hydrogens (tertiary/aromatic N) is 2. The summed E-state index contributed by atoms with van der Waals surface area (Å²) in [5.74, 6) is -0.383. The van der Waals surface area contributed by atoms with E-state index in [2.05, 4.69) is 25.9 Å². The highest BCUT2D eigenvalue weighted by Crippen LogP contribution is 2.30. The lowest BCUT2D eigenvalue weighted by Crippen LogP contribution is -2.17. The lowest BCUT2D eigenvalue weighted by molar-refractivity contribution is -0.137. The van der Waals surface area contributed by atoms with Crippen molar-refractivity contribution in [3.05, 3.63) is 27.7 Å². The Morgan fingerprint density at radius 3 is 3.06 bits per heavy atom. The highest BCUT2D eigenvalue weighted by molar-refractivity contribution is 9.10. The summed E-state index contributed by atoms with van der Waals surface area (Å²) in [6.07, 6.45) is 0. The number of hydrogen-bond donors (Lipinski definition) is 1. The largest absolute Gasteiger partial charge is 0.480 e. The summed E-state index contributed by atoms with van der Waals surface area (Å²) in [5, 5.41) is 10.4. The highest BCUT2D eigenvalue weighted by Gasteiger charge is 2.26. The van der Waals surface area contributed by atoms with Gasteiger partial charge in [0.25, 0.3) is 0 Å².